The molecule has 1 amide bonds. The van der Waals surface area contributed by atoms with Gasteiger partial charge in [0, 0.05) is 26.1 Å². The molecule has 0 aromatic rings. The quantitative estimate of drug-likeness (QED) is 0.700. The van der Waals surface area contributed by atoms with E-state index in [9.17, 15) is 4.79 Å². The minimum Gasteiger partial charge on any atom is -0.377 e. The van der Waals surface area contributed by atoms with Crippen LogP contribution in [0.4, 0.5) is 0 Å². The fourth-order valence-electron chi connectivity index (χ4n) is 2.02. The molecular formula is C12H23NO2. The molecule has 0 radical (unpaired) electrons. The van der Waals surface area contributed by atoms with Crippen LogP contribution >= 0.6 is 0 Å². The maximum Gasteiger partial charge on any atom is 0.222 e. The van der Waals surface area contributed by atoms with Gasteiger partial charge >= 0.3 is 0 Å². The Morgan fingerprint density at radius 3 is 2.93 bits per heavy atom. The Labute approximate surface area is 92.8 Å². The lowest BCUT2D eigenvalue weighted by molar-refractivity contribution is -0.135. The standard InChI is InChI=1S/C12H23NO2/c1-3-5-8-12(14)13-9-6-7-11(10-13)15-4-2/h11H,3-10H2,1-2H3/t11-/m0/s1. The van der Waals surface area contributed by atoms with Crippen molar-refractivity contribution in [3.05, 3.63) is 0 Å². The second kappa shape index (κ2) is 6.83. The van der Waals surface area contributed by atoms with Crippen LogP contribution < -0.4 is 0 Å². The van der Waals surface area contributed by atoms with Crippen molar-refractivity contribution in [2.24, 2.45) is 0 Å². The first kappa shape index (κ1) is 12.5. The van der Waals surface area contributed by atoms with Crippen LogP contribution in [0.15, 0.2) is 0 Å². The number of hydrogen-bond acceptors (Lipinski definition) is 2. The molecule has 3 heteroatoms. The van der Waals surface area contributed by atoms with Gasteiger partial charge < -0.3 is 9.64 Å². The third kappa shape index (κ3) is 4.20. The summed E-state index contributed by atoms with van der Waals surface area (Å²) in [4.78, 5) is 13.7. The minimum atomic E-state index is 0.273. The van der Waals surface area contributed by atoms with E-state index in [2.05, 4.69) is 6.92 Å². The summed E-state index contributed by atoms with van der Waals surface area (Å²) in [7, 11) is 0. The van der Waals surface area contributed by atoms with E-state index in [-0.39, 0.29) is 6.10 Å². The molecule has 0 bridgehead atoms. The van der Waals surface area contributed by atoms with Crippen LogP contribution in [0.2, 0.25) is 0 Å². The Hall–Kier alpha value is -0.570. The maximum atomic E-state index is 11.8. The van der Waals surface area contributed by atoms with E-state index < -0.39 is 0 Å². The lowest BCUT2D eigenvalue weighted by Gasteiger charge is -2.32. The molecule has 0 aromatic heterocycles. The van der Waals surface area contributed by atoms with Crippen LogP contribution in [-0.4, -0.2) is 36.6 Å². The van der Waals surface area contributed by atoms with Gasteiger partial charge in [0.15, 0.2) is 0 Å². The van der Waals surface area contributed by atoms with E-state index in [1.165, 1.54) is 0 Å². The number of rotatable bonds is 5. The van der Waals surface area contributed by atoms with Crippen molar-refractivity contribution < 1.29 is 9.53 Å². The van der Waals surface area contributed by atoms with Gasteiger partial charge in [-0.3, -0.25) is 4.79 Å². The largest absolute Gasteiger partial charge is 0.377 e. The van der Waals surface area contributed by atoms with E-state index in [4.69, 9.17) is 4.74 Å². The summed E-state index contributed by atoms with van der Waals surface area (Å²) in [6, 6.07) is 0. The van der Waals surface area contributed by atoms with E-state index in [1.54, 1.807) is 0 Å². The number of ether oxygens (including phenoxy) is 1. The minimum absolute atomic E-state index is 0.273. The zero-order valence-corrected chi connectivity index (χ0v) is 10.00. The normalized spacial score (nSPS) is 21.7. The van der Waals surface area contributed by atoms with Gasteiger partial charge in [-0.15, -0.1) is 0 Å². The first-order valence-electron chi connectivity index (χ1n) is 6.17. The van der Waals surface area contributed by atoms with Crippen LogP contribution in [0.5, 0.6) is 0 Å². The topological polar surface area (TPSA) is 29.5 Å². The van der Waals surface area contributed by atoms with Gasteiger partial charge in [-0.1, -0.05) is 13.3 Å². The van der Waals surface area contributed by atoms with Gasteiger partial charge in [0.2, 0.25) is 5.91 Å². The summed E-state index contributed by atoms with van der Waals surface area (Å²) >= 11 is 0. The predicted molar refractivity (Wildman–Crippen MR) is 60.8 cm³/mol. The average Bonchev–Trinajstić information content (AvgIpc) is 2.27. The number of hydrogen-bond donors (Lipinski definition) is 0. The van der Waals surface area contributed by atoms with Crippen LogP contribution in [0.1, 0.15) is 46.0 Å². The van der Waals surface area contributed by atoms with Crippen LogP contribution in [0, 0.1) is 0 Å². The van der Waals surface area contributed by atoms with Crippen molar-refractivity contribution in [3.8, 4) is 0 Å². The molecule has 0 unspecified atom stereocenters. The molecule has 1 aliphatic heterocycles. The molecule has 0 saturated carbocycles. The summed E-state index contributed by atoms with van der Waals surface area (Å²) in [6.45, 7) is 6.61. The number of nitrogens with zero attached hydrogens (tertiary/aromatic N) is 1. The third-order valence-corrected chi connectivity index (χ3v) is 2.88. The highest BCUT2D eigenvalue weighted by Gasteiger charge is 2.22. The van der Waals surface area contributed by atoms with E-state index >= 15 is 0 Å². The molecule has 0 aliphatic carbocycles. The number of piperidine rings is 1. The maximum absolute atomic E-state index is 11.8. The number of amides is 1. The molecule has 1 rings (SSSR count). The SMILES string of the molecule is CCCCC(=O)N1CCC[C@H](OCC)C1. The van der Waals surface area contributed by atoms with Crippen molar-refractivity contribution in [1.82, 2.24) is 4.90 Å². The van der Waals surface area contributed by atoms with Gasteiger partial charge in [-0.25, -0.2) is 0 Å². The molecule has 0 N–H and O–H groups in total. The second-order valence-corrected chi connectivity index (χ2v) is 4.16. The molecule has 1 fully saturated rings. The highest BCUT2D eigenvalue weighted by Crippen LogP contribution is 2.14. The lowest BCUT2D eigenvalue weighted by Crippen LogP contribution is -2.43. The predicted octanol–water partition coefficient (Wildman–Crippen LogP) is 2.20. The van der Waals surface area contributed by atoms with Crippen molar-refractivity contribution in [1.29, 1.82) is 0 Å². The van der Waals surface area contributed by atoms with Crippen molar-refractivity contribution in [2.45, 2.75) is 52.1 Å². The Balaban J connectivity index is 2.31. The van der Waals surface area contributed by atoms with Gasteiger partial charge in [0.25, 0.3) is 0 Å². The van der Waals surface area contributed by atoms with Crippen molar-refractivity contribution in [2.75, 3.05) is 19.7 Å². The Kier molecular flexibility index (Phi) is 5.69. The molecule has 1 heterocycles. The third-order valence-electron chi connectivity index (χ3n) is 2.88. The lowest BCUT2D eigenvalue weighted by atomic mass is 10.1. The van der Waals surface area contributed by atoms with Crippen LogP contribution in [-0.2, 0) is 9.53 Å². The second-order valence-electron chi connectivity index (χ2n) is 4.16. The monoisotopic (exact) mass is 213 g/mol. The fraction of sp³-hybridized carbons (Fsp3) is 0.917. The van der Waals surface area contributed by atoms with Crippen molar-refractivity contribution in [3.63, 3.8) is 0 Å². The summed E-state index contributed by atoms with van der Waals surface area (Å²) in [5, 5.41) is 0. The fourth-order valence-corrected chi connectivity index (χ4v) is 2.02. The first-order chi connectivity index (χ1) is 7.27. The molecule has 15 heavy (non-hydrogen) atoms. The number of carbonyl (C=O) groups excluding carboxylic acids is 1. The molecule has 1 saturated heterocycles. The van der Waals surface area contributed by atoms with Gasteiger partial charge in [0.05, 0.1) is 6.10 Å². The summed E-state index contributed by atoms with van der Waals surface area (Å²) in [5.41, 5.74) is 0. The average molecular weight is 213 g/mol. The zero-order valence-electron chi connectivity index (χ0n) is 10.00. The van der Waals surface area contributed by atoms with Gasteiger partial charge in [-0.05, 0) is 26.2 Å². The molecule has 1 atom stereocenters. The van der Waals surface area contributed by atoms with Crippen LogP contribution in [0.3, 0.4) is 0 Å². The molecular weight excluding hydrogens is 190 g/mol. The van der Waals surface area contributed by atoms with Crippen LogP contribution in [0.25, 0.3) is 0 Å². The molecule has 88 valence electrons. The number of carbonyl (C=O) groups is 1. The van der Waals surface area contributed by atoms with Gasteiger partial charge in [-0.2, -0.15) is 0 Å². The van der Waals surface area contributed by atoms with E-state index in [1.807, 2.05) is 11.8 Å². The summed E-state index contributed by atoms with van der Waals surface area (Å²) in [5.74, 6) is 0.307. The molecule has 3 nitrogen and oxygen atoms in total. The number of unbranched alkanes of at least 4 members (excludes halogenated alkanes) is 1. The molecule has 1 aliphatic rings. The smallest absolute Gasteiger partial charge is 0.222 e. The Morgan fingerprint density at radius 2 is 2.27 bits per heavy atom. The highest BCUT2D eigenvalue weighted by atomic mass is 16.5. The number of likely N-dealkylation sites (tertiary alicyclic amines) is 1. The molecule has 0 spiro atoms. The summed E-state index contributed by atoms with van der Waals surface area (Å²) in [6.07, 6.45) is 5.26. The zero-order chi connectivity index (χ0) is 11.1. The Bertz CT molecular complexity index is 192. The first-order valence-corrected chi connectivity index (χ1v) is 6.17. The highest BCUT2D eigenvalue weighted by molar-refractivity contribution is 5.76. The van der Waals surface area contributed by atoms with E-state index in [0.29, 0.717) is 12.3 Å². The van der Waals surface area contributed by atoms with E-state index in [0.717, 1.165) is 45.4 Å². The summed E-state index contributed by atoms with van der Waals surface area (Å²) < 4.78 is 5.57. The van der Waals surface area contributed by atoms with Gasteiger partial charge in [0.1, 0.15) is 0 Å². The molecule has 0 aromatic carbocycles. The Morgan fingerprint density at radius 1 is 1.47 bits per heavy atom. The van der Waals surface area contributed by atoms with Crippen molar-refractivity contribution >= 4 is 5.91 Å².